The molecule has 3 nitrogen and oxygen atoms in total. The minimum atomic E-state index is -0.477. The van der Waals surface area contributed by atoms with Crippen LogP contribution in [0.15, 0.2) is 46.9 Å². The quantitative estimate of drug-likeness (QED) is 0.835. The van der Waals surface area contributed by atoms with Crippen molar-refractivity contribution in [2.45, 2.75) is 0 Å². The van der Waals surface area contributed by atoms with Gasteiger partial charge in [0.15, 0.2) is 0 Å². The summed E-state index contributed by atoms with van der Waals surface area (Å²) in [6, 6.07) is 11.1. The van der Waals surface area contributed by atoms with E-state index in [1.54, 1.807) is 24.3 Å². The Morgan fingerprint density at radius 2 is 1.94 bits per heavy atom. The Balaban J connectivity index is 2.25. The lowest BCUT2D eigenvalue weighted by Gasteiger charge is -2.07. The van der Waals surface area contributed by atoms with Crippen LogP contribution in [-0.2, 0) is 0 Å². The summed E-state index contributed by atoms with van der Waals surface area (Å²) < 4.78 is 13.4. The predicted molar refractivity (Wildman–Crippen MR) is 72.9 cm³/mol. The summed E-state index contributed by atoms with van der Waals surface area (Å²) in [7, 11) is 0. The van der Waals surface area contributed by atoms with Crippen molar-refractivity contribution < 1.29 is 9.18 Å². The Morgan fingerprint density at radius 3 is 2.67 bits per heavy atom. The number of carbonyl (C=O) groups excluding carboxylic acids is 1. The molecule has 0 spiro atoms. The number of halogens is 2. The van der Waals surface area contributed by atoms with E-state index in [1.807, 2.05) is 0 Å². The number of amides is 1. The van der Waals surface area contributed by atoms with Gasteiger partial charge in [-0.05, 0) is 46.3 Å². The summed E-state index contributed by atoms with van der Waals surface area (Å²) in [4.78, 5) is 11.9. The smallest absolute Gasteiger partial charge is 0.256 e. The lowest BCUT2D eigenvalue weighted by Crippen LogP contribution is -2.13. The van der Waals surface area contributed by atoms with Gasteiger partial charge >= 0.3 is 0 Å². The Labute approximate surface area is 112 Å². The molecular weight excluding hydrogens is 299 g/mol. The lowest BCUT2D eigenvalue weighted by atomic mass is 10.2. The number of hydrogen-bond acceptors (Lipinski definition) is 2. The fourth-order valence-electron chi connectivity index (χ4n) is 1.49. The molecular formula is C13H10BrFN2O. The van der Waals surface area contributed by atoms with Crippen molar-refractivity contribution in [3.05, 3.63) is 58.3 Å². The fourth-order valence-corrected chi connectivity index (χ4v) is 1.94. The lowest BCUT2D eigenvalue weighted by molar-refractivity contribution is 0.102. The molecule has 0 radical (unpaired) electrons. The zero-order chi connectivity index (χ0) is 13.1. The highest BCUT2D eigenvalue weighted by molar-refractivity contribution is 9.10. The maximum absolute atomic E-state index is 13.3. The number of nitrogen functional groups attached to an aromatic ring is 1. The van der Waals surface area contributed by atoms with Crippen LogP contribution in [0.5, 0.6) is 0 Å². The highest BCUT2D eigenvalue weighted by Crippen LogP contribution is 2.22. The molecule has 2 aromatic carbocycles. The molecule has 0 atom stereocenters. The monoisotopic (exact) mass is 308 g/mol. The van der Waals surface area contributed by atoms with Crippen LogP contribution in [0.4, 0.5) is 15.8 Å². The maximum Gasteiger partial charge on any atom is 0.256 e. The summed E-state index contributed by atoms with van der Waals surface area (Å²) >= 11 is 3.05. The van der Waals surface area contributed by atoms with E-state index in [0.717, 1.165) is 0 Å². The second-order valence-electron chi connectivity index (χ2n) is 3.68. The van der Waals surface area contributed by atoms with Crippen molar-refractivity contribution in [3.63, 3.8) is 0 Å². The Bertz CT molecular complexity index is 601. The minimum absolute atomic E-state index is 0.145. The molecule has 2 aromatic rings. The van der Waals surface area contributed by atoms with E-state index in [2.05, 4.69) is 21.2 Å². The molecule has 0 saturated carbocycles. The highest BCUT2D eigenvalue weighted by Gasteiger charge is 2.13. The van der Waals surface area contributed by atoms with Gasteiger partial charge in [0.2, 0.25) is 0 Å². The molecule has 0 aliphatic rings. The van der Waals surface area contributed by atoms with Gasteiger partial charge in [0.05, 0.1) is 10.0 Å². The molecule has 2 rings (SSSR count). The van der Waals surface area contributed by atoms with Crippen LogP contribution < -0.4 is 11.1 Å². The Morgan fingerprint density at radius 1 is 1.22 bits per heavy atom. The van der Waals surface area contributed by atoms with Crippen LogP contribution in [0.3, 0.4) is 0 Å². The first-order chi connectivity index (χ1) is 8.58. The molecule has 5 heteroatoms. The van der Waals surface area contributed by atoms with E-state index in [-0.39, 0.29) is 10.0 Å². The second-order valence-corrected chi connectivity index (χ2v) is 4.47. The predicted octanol–water partition coefficient (Wildman–Crippen LogP) is 3.42. The number of carbonyl (C=O) groups is 1. The molecule has 1 amide bonds. The van der Waals surface area contributed by atoms with Gasteiger partial charge < -0.3 is 11.1 Å². The molecule has 0 heterocycles. The average molecular weight is 309 g/mol. The van der Waals surface area contributed by atoms with Gasteiger partial charge in [0.25, 0.3) is 5.91 Å². The standard InChI is InChI=1S/C13H10BrFN2O/c14-12-10(5-2-6-11(12)15)13(18)17-9-4-1-3-8(16)7-9/h1-7H,16H2,(H,17,18). The van der Waals surface area contributed by atoms with Crippen molar-refractivity contribution in [3.8, 4) is 0 Å². The number of rotatable bonds is 2. The topological polar surface area (TPSA) is 55.1 Å². The van der Waals surface area contributed by atoms with Crippen molar-refractivity contribution >= 4 is 33.2 Å². The normalized spacial score (nSPS) is 10.1. The summed E-state index contributed by atoms with van der Waals surface area (Å²) in [5.41, 5.74) is 6.95. The summed E-state index contributed by atoms with van der Waals surface area (Å²) in [5, 5.41) is 2.65. The average Bonchev–Trinajstić information content (AvgIpc) is 2.32. The molecule has 92 valence electrons. The molecule has 0 aromatic heterocycles. The zero-order valence-corrected chi connectivity index (χ0v) is 10.9. The van der Waals surface area contributed by atoms with E-state index in [0.29, 0.717) is 11.4 Å². The van der Waals surface area contributed by atoms with E-state index < -0.39 is 11.7 Å². The van der Waals surface area contributed by atoms with Gasteiger partial charge in [-0.3, -0.25) is 4.79 Å². The van der Waals surface area contributed by atoms with Gasteiger partial charge in [-0.15, -0.1) is 0 Å². The van der Waals surface area contributed by atoms with Crippen LogP contribution in [-0.4, -0.2) is 5.91 Å². The van der Waals surface area contributed by atoms with Crippen LogP contribution in [0.25, 0.3) is 0 Å². The third-order valence-electron chi connectivity index (χ3n) is 2.34. The number of anilines is 2. The van der Waals surface area contributed by atoms with Gasteiger partial charge in [-0.1, -0.05) is 12.1 Å². The first-order valence-electron chi connectivity index (χ1n) is 5.19. The first kappa shape index (κ1) is 12.6. The largest absolute Gasteiger partial charge is 0.399 e. The number of nitrogens with one attached hydrogen (secondary N) is 1. The van der Waals surface area contributed by atoms with E-state index >= 15 is 0 Å². The SMILES string of the molecule is Nc1cccc(NC(=O)c2cccc(F)c2Br)c1. The van der Waals surface area contributed by atoms with Crippen molar-refractivity contribution in [1.82, 2.24) is 0 Å². The number of benzene rings is 2. The zero-order valence-electron chi connectivity index (χ0n) is 9.28. The van der Waals surface area contributed by atoms with E-state index in [9.17, 15) is 9.18 Å². The molecule has 0 saturated heterocycles. The molecule has 0 aliphatic heterocycles. The van der Waals surface area contributed by atoms with Crippen LogP contribution in [0.1, 0.15) is 10.4 Å². The van der Waals surface area contributed by atoms with Crippen molar-refractivity contribution in [1.29, 1.82) is 0 Å². The van der Waals surface area contributed by atoms with Gasteiger partial charge in [-0.25, -0.2) is 4.39 Å². The van der Waals surface area contributed by atoms with Crippen LogP contribution in [0, 0.1) is 5.82 Å². The molecule has 0 unspecified atom stereocenters. The third kappa shape index (κ3) is 2.68. The molecule has 0 fully saturated rings. The van der Waals surface area contributed by atoms with Gasteiger partial charge in [-0.2, -0.15) is 0 Å². The van der Waals surface area contributed by atoms with E-state index in [1.165, 1.54) is 18.2 Å². The third-order valence-corrected chi connectivity index (χ3v) is 3.15. The van der Waals surface area contributed by atoms with Gasteiger partial charge in [0.1, 0.15) is 5.82 Å². The Kier molecular flexibility index (Phi) is 3.62. The van der Waals surface area contributed by atoms with Crippen LogP contribution >= 0.6 is 15.9 Å². The molecule has 0 aliphatic carbocycles. The number of hydrogen-bond donors (Lipinski definition) is 2. The summed E-state index contributed by atoms with van der Waals surface area (Å²) in [6.07, 6.45) is 0. The van der Waals surface area contributed by atoms with E-state index in [4.69, 9.17) is 5.73 Å². The first-order valence-corrected chi connectivity index (χ1v) is 5.98. The maximum atomic E-state index is 13.3. The van der Waals surface area contributed by atoms with Gasteiger partial charge in [0, 0.05) is 11.4 Å². The molecule has 18 heavy (non-hydrogen) atoms. The van der Waals surface area contributed by atoms with Crippen LogP contribution in [0.2, 0.25) is 0 Å². The van der Waals surface area contributed by atoms with Crippen molar-refractivity contribution in [2.75, 3.05) is 11.1 Å². The van der Waals surface area contributed by atoms with Crippen molar-refractivity contribution in [2.24, 2.45) is 0 Å². The Hall–Kier alpha value is -1.88. The summed E-state index contributed by atoms with van der Waals surface area (Å²) in [5.74, 6) is -0.873. The fraction of sp³-hybridized carbons (Fsp3) is 0. The molecule has 3 N–H and O–H groups in total. The highest BCUT2D eigenvalue weighted by atomic mass is 79.9. The second kappa shape index (κ2) is 5.18. The molecule has 0 bridgehead atoms. The minimum Gasteiger partial charge on any atom is -0.399 e. The summed E-state index contributed by atoms with van der Waals surface area (Å²) in [6.45, 7) is 0. The number of nitrogens with two attached hydrogens (primary N) is 1.